The van der Waals surface area contributed by atoms with E-state index < -0.39 is 16.8 Å². The third-order valence-corrected chi connectivity index (χ3v) is 6.79. The molecule has 6 nitrogen and oxygen atoms in total. The summed E-state index contributed by atoms with van der Waals surface area (Å²) in [5, 5.41) is 3.41. The summed E-state index contributed by atoms with van der Waals surface area (Å²) in [6, 6.07) is 15.4. The van der Waals surface area contributed by atoms with Gasteiger partial charge in [-0.05, 0) is 42.7 Å². The first-order valence-electron chi connectivity index (χ1n) is 10.2. The predicted molar refractivity (Wildman–Crippen MR) is 120 cm³/mol. The van der Waals surface area contributed by atoms with Gasteiger partial charge in [0.1, 0.15) is 0 Å². The molecule has 2 atom stereocenters. The van der Waals surface area contributed by atoms with Crippen LogP contribution in [0, 0.1) is 0 Å². The van der Waals surface area contributed by atoms with Crippen LogP contribution in [0.25, 0.3) is 0 Å². The Morgan fingerprint density at radius 3 is 2.45 bits per heavy atom. The van der Waals surface area contributed by atoms with Crippen molar-refractivity contribution < 1.29 is 18.6 Å². The molecule has 8 heteroatoms. The third-order valence-electron chi connectivity index (χ3n) is 5.19. The van der Waals surface area contributed by atoms with Crippen molar-refractivity contribution in [2.75, 3.05) is 12.3 Å². The van der Waals surface area contributed by atoms with E-state index in [-0.39, 0.29) is 36.2 Å². The fourth-order valence-electron chi connectivity index (χ4n) is 3.54. The molecule has 2 aromatic rings. The highest BCUT2D eigenvalue weighted by Crippen LogP contribution is 2.21. The molecule has 1 saturated heterocycles. The number of likely N-dealkylation sites (tertiary alicyclic amines) is 1. The maximum absolute atomic E-state index is 12.7. The van der Waals surface area contributed by atoms with Crippen molar-refractivity contribution in [1.29, 1.82) is 0 Å². The van der Waals surface area contributed by atoms with E-state index in [4.69, 9.17) is 11.6 Å². The molecule has 2 aromatic carbocycles. The highest BCUT2D eigenvalue weighted by molar-refractivity contribution is 7.85. The molecule has 164 valence electrons. The quantitative estimate of drug-likeness (QED) is 0.623. The predicted octanol–water partition coefficient (Wildman–Crippen LogP) is 3.10. The Balaban J connectivity index is 1.46. The highest BCUT2D eigenvalue weighted by Gasteiger charge is 2.34. The van der Waals surface area contributed by atoms with Crippen LogP contribution in [-0.2, 0) is 31.7 Å². The number of benzene rings is 2. The largest absolute Gasteiger partial charge is 0.352 e. The standard InChI is InChI=1S/C23H25ClN2O4S/c24-18-10-8-17(9-11-18)15-25-22(28)12-13-23(29)26-14-4-7-20(26)21(27)16-31(30)19-5-2-1-3-6-19/h1-3,5-6,8-11,20H,4,7,12-16H2,(H,25,28)/t20-,31?/m0/s1. The zero-order valence-electron chi connectivity index (χ0n) is 17.1. The van der Waals surface area contributed by atoms with Crippen molar-refractivity contribution in [1.82, 2.24) is 10.2 Å². The number of amides is 2. The van der Waals surface area contributed by atoms with Crippen LogP contribution in [0.15, 0.2) is 59.5 Å². The number of hydrogen-bond acceptors (Lipinski definition) is 4. The Bertz CT molecular complexity index is 950. The molecule has 3 rings (SSSR count). The molecule has 0 aliphatic carbocycles. The average molecular weight is 461 g/mol. The second kappa shape index (κ2) is 11.2. The monoisotopic (exact) mass is 460 g/mol. The van der Waals surface area contributed by atoms with Gasteiger partial charge in [-0.1, -0.05) is 41.9 Å². The Morgan fingerprint density at radius 1 is 1.03 bits per heavy atom. The van der Waals surface area contributed by atoms with Crippen molar-refractivity contribution in [3.63, 3.8) is 0 Å². The Kier molecular flexibility index (Phi) is 8.37. The average Bonchev–Trinajstić information content (AvgIpc) is 3.28. The van der Waals surface area contributed by atoms with Crippen LogP contribution in [0.4, 0.5) is 0 Å². The van der Waals surface area contributed by atoms with E-state index in [9.17, 15) is 18.6 Å². The lowest BCUT2D eigenvalue weighted by Crippen LogP contribution is -2.42. The molecule has 0 spiro atoms. The number of nitrogens with one attached hydrogen (secondary N) is 1. The number of nitrogens with zero attached hydrogens (tertiary/aromatic N) is 1. The number of Topliss-reactive ketones (excluding diaryl/α,β-unsaturated/α-hetero) is 1. The molecule has 0 saturated carbocycles. The lowest BCUT2D eigenvalue weighted by Gasteiger charge is -2.23. The summed E-state index contributed by atoms with van der Waals surface area (Å²) in [5.41, 5.74) is 0.917. The minimum atomic E-state index is -1.43. The second-order valence-electron chi connectivity index (χ2n) is 7.42. The summed E-state index contributed by atoms with van der Waals surface area (Å²) in [4.78, 5) is 39.6. The van der Waals surface area contributed by atoms with Crippen molar-refractivity contribution in [2.45, 2.75) is 43.2 Å². The Hall–Kier alpha value is -2.51. The van der Waals surface area contributed by atoms with Gasteiger partial charge < -0.3 is 10.2 Å². The summed E-state index contributed by atoms with van der Waals surface area (Å²) in [6.45, 7) is 0.847. The first kappa shape index (κ1) is 23.2. The molecule has 1 aliphatic heterocycles. The molecule has 0 radical (unpaired) electrons. The Labute approximate surface area is 189 Å². The summed E-state index contributed by atoms with van der Waals surface area (Å²) >= 11 is 5.84. The topological polar surface area (TPSA) is 83.6 Å². The summed E-state index contributed by atoms with van der Waals surface area (Å²) in [7, 11) is -1.43. The van der Waals surface area contributed by atoms with Gasteiger partial charge in [-0.25, -0.2) is 0 Å². The molecule has 1 heterocycles. The lowest BCUT2D eigenvalue weighted by atomic mass is 10.1. The van der Waals surface area contributed by atoms with E-state index in [2.05, 4.69) is 5.32 Å². The number of carbonyl (C=O) groups is 3. The third kappa shape index (κ3) is 6.74. The molecule has 31 heavy (non-hydrogen) atoms. The van der Waals surface area contributed by atoms with Crippen LogP contribution in [0.5, 0.6) is 0 Å². The van der Waals surface area contributed by atoms with Gasteiger partial charge in [-0.3, -0.25) is 18.6 Å². The zero-order chi connectivity index (χ0) is 22.2. The van der Waals surface area contributed by atoms with Crippen molar-refractivity contribution in [2.24, 2.45) is 0 Å². The normalized spacial score (nSPS) is 16.7. The molecular formula is C23H25ClN2O4S. The van der Waals surface area contributed by atoms with Gasteiger partial charge in [0.15, 0.2) is 5.78 Å². The summed E-state index contributed by atoms with van der Waals surface area (Å²) < 4.78 is 12.4. The first-order chi connectivity index (χ1) is 14.9. The van der Waals surface area contributed by atoms with Gasteiger partial charge in [-0.15, -0.1) is 0 Å². The SMILES string of the molecule is O=C(CCC(=O)N1CCC[C@H]1C(=O)CS(=O)c1ccccc1)NCc1ccc(Cl)cc1. The lowest BCUT2D eigenvalue weighted by molar-refractivity contribution is -0.138. The van der Waals surface area contributed by atoms with Gasteiger partial charge in [0, 0.05) is 35.8 Å². The summed E-state index contributed by atoms with van der Waals surface area (Å²) in [5.74, 6) is -0.751. The van der Waals surface area contributed by atoms with E-state index in [0.717, 1.165) is 12.0 Å². The maximum Gasteiger partial charge on any atom is 0.223 e. The van der Waals surface area contributed by atoms with Crippen molar-refractivity contribution in [3.05, 3.63) is 65.2 Å². The Morgan fingerprint density at radius 2 is 1.74 bits per heavy atom. The molecule has 2 amide bonds. The fraction of sp³-hybridized carbons (Fsp3) is 0.348. The summed E-state index contributed by atoms with van der Waals surface area (Å²) in [6.07, 6.45) is 1.39. The number of rotatable bonds is 9. The van der Waals surface area contributed by atoms with Crippen LogP contribution in [0.3, 0.4) is 0 Å². The molecule has 0 bridgehead atoms. The van der Waals surface area contributed by atoms with E-state index >= 15 is 0 Å². The van der Waals surface area contributed by atoms with Crippen LogP contribution in [0.2, 0.25) is 5.02 Å². The van der Waals surface area contributed by atoms with E-state index in [1.165, 1.54) is 4.90 Å². The number of hydrogen-bond donors (Lipinski definition) is 1. The van der Waals surface area contributed by atoms with Gasteiger partial charge in [-0.2, -0.15) is 0 Å². The van der Waals surface area contributed by atoms with E-state index in [0.29, 0.717) is 29.4 Å². The number of ketones is 1. The van der Waals surface area contributed by atoms with Gasteiger partial charge in [0.05, 0.1) is 22.6 Å². The molecule has 1 N–H and O–H groups in total. The van der Waals surface area contributed by atoms with Crippen LogP contribution in [0.1, 0.15) is 31.2 Å². The van der Waals surface area contributed by atoms with Crippen molar-refractivity contribution in [3.8, 4) is 0 Å². The number of carbonyl (C=O) groups excluding carboxylic acids is 3. The van der Waals surface area contributed by atoms with Crippen LogP contribution >= 0.6 is 11.6 Å². The second-order valence-corrected chi connectivity index (χ2v) is 9.31. The minimum absolute atomic E-state index is 0.0397. The smallest absolute Gasteiger partial charge is 0.223 e. The van der Waals surface area contributed by atoms with Crippen molar-refractivity contribution >= 4 is 40.0 Å². The van der Waals surface area contributed by atoms with Gasteiger partial charge >= 0.3 is 0 Å². The first-order valence-corrected chi connectivity index (χ1v) is 11.9. The molecule has 1 fully saturated rings. The molecule has 0 aromatic heterocycles. The van der Waals surface area contributed by atoms with Crippen LogP contribution in [-0.4, -0.2) is 45.0 Å². The molecular weight excluding hydrogens is 436 g/mol. The zero-order valence-corrected chi connectivity index (χ0v) is 18.7. The number of halogens is 1. The highest BCUT2D eigenvalue weighted by atomic mass is 35.5. The maximum atomic E-state index is 12.7. The van der Waals surface area contributed by atoms with E-state index in [1.807, 2.05) is 18.2 Å². The molecule has 1 unspecified atom stereocenters. The minimum Gasteiger partial charge on any atom is -0.352 e. The van der Waals surface area contributed by atoms with Crippen LogP contribution < -0.4 is 5.32 Å². The molecule has 1 aliphatic rings. The fourth-order valence-corrected chi connectivity index (χ4v) is 4.74. The van der Waals surface area contributed by atoms with Gasteiger partial charge in [0.25, 0.3) is 0 Å². The van der Waals surface area contributed by atoms with Gasteiger partial charge in [0.2, 0.25) is 11.8 Å². The van der Waals surface area contributed by atoms with E-state index in [1.54, 1.807) is 36.4 Å².